The van der Waals surface area contributed by atoms with Crippen LogP contribution in [0.3, 0.4) is 0 Å². The van der Waals surface area contributed by atoms with E-state index in [0.29, 0.717) is 5.69 Å². The van der Waals surface area contributed by atoms with E-state index in [0.717, 1.165) is 5.56 Å². The van der Waals surface area contributed by atoms with Gasteiger partial charge in [0.1, 0.15) is 6.07 Å². The molecule has 0 aliphatic carbocycles. The molecule has 0 saturated carbocycles. The van der Waals surface area contributed by atoms with Crippen LogP contribution in [0.1, 0.15) is 24.1 Å². The van der Waals surface area contributed by atoms with E-state index < -0.39 is 10.0 Å². The number of anilines is 1. The molecule has 0 aliphatic heterocycles. The van der Waals surface area contributed by atoms with Crippen molar-refractivity contribution in [3.05, 3.63) is 46.2 Å². The number of sulfonamides is 1. The lowest BCUT2D eigenvalue weighted by molar-refractivity contribution is 0.567. The molecule has 0 fully saturated rings. The molecule has 1 atom stereocenters. The zero-order valence-corrected chi connectivity index (χ0v) is 12.3. The highest BCUT2D eigenvalue weighted by molar-refractivity contribution is 7.89. The summed E-state index contributed by atoms with van der Waals surface area (Å²) in [7, 11) is -3.77. The van der Waals surface area contributed by atoms with E-state index in [1.54, 1.807) is 6.92 Å². The summed E-state index contributed by atoms with van der Waals surface area (Å²) in [5.41, 5.74) is 6.83. The molecule has 0 aliphatic rings. The average molecular weight is 307 g/mol. The number of hydrogen-bond acceptors (Lipinski definition) is 5. The number of nitrogens with one attached hydrogen (secondary N) is 1. The minimum Gasteiger partial charge on any atom is -0.399 e. The lowest BCUT2D eigenvalue weighted by Gasteiger charge is -2.14. The molecule has 0 radical (unpaired) electrons. The van der Waals surface area contributed by atoms with Crippen LogP contribution in [0.4, 0.5) is 5.69 Å². The molecule has 0 amide bonds. The van der Waals surface area contributed by atoms with Gasteiger partial charge in [0.05, 0.1) is 10.5 Å². The van der Waals surface area contributed by atoms with Crippen LogP contribution in [0.25, 0.3) is 0 Å². The Morgan fingerprint density at radius 2 is 2.15 bits per heavy atom. The Balaban J connectivity index is 2.34. The van der Waals surface area contributed by atoms with Crippen molar-refractivity contribution < 1.29 is 8.42 Å². The van der Waals surface area contributed by atoms with Crippen LogP contribution in [0.15, 0.2) is 39.9 Å². The Labute approximate surface area is 121 Å². The first-order chi connectivity index (χ1) is 9.44. The number of rotatable bonds is 4. The second-order valence-corrected chi connectivity index (χ2v) is 6.73. The Morgan fingerprint density at radius 3 is 2.75 bits per heavy atom. The van der Waals surface area contributed by atoms with Gasteiger partial charge in [-0.15, -0.1) is 0 Å². The molecule has 0 saturated heterocycles. The van der Waals surface area contributed by atoms with E-state index in [4.69, 9.17) is 11.0 Å². The molecule has 2 rings (SSSR count). The molecule has 2 aromatic rings. The molecule has 1 aromatic heterocycles. The highest BCUT2D eigenvalue weighted by atomic mass is 32.2. The third-order valence-electron chi connectivity index (χ3n) is 2.79. The zero-order chi connectivity index (χ0) is 14.8. The molecule has 1 heterocycles. The Morgan fingerprint density at radius 1 is 1.40 bits per heavy atom. The summed E-state index contributed by atoms with van der Waals surface area (Å²) in [5, 5.41) is 12.8. The van der Waals surface area contributed by atoms with E-state index >= 15 is 0 Å². The van der Waals surface area contributed by atoms with Crippen molar-refractivity contribution in [3.8, 4) is 6.07 Å². The molecule has 1 unspecified atom stereocenters. The number of hydrogen-bond donors (Lipinski definition) is 2. The van der Waals surface area contributed by atoms with Gasteiger partial charge in [-0.2, -0.15) is 16.6 Å². The molecule has 20 heavy (non-hydrogen) atoms. The summed E-state index contributed by atoms with van der Waals surface area (Å²) in [6.45, 7) is 1.75. The van der Waals surface area contributed by atoms with Gasteiger partial charge in [-0.1, -0.05) is 0 Å². The van der Waals surface area contributed by atoms with Crippen LogP contribution in [-0.4, -0.2) is 8.42 Å². The van der Waals surface area contributed by atoms with Gasteiger partial charge >= 0.3 is 0 Å². The average Bonchev–Trinajstić information content (AvgIpc) is 2.91. The third-order valence-corrected chi connectivity index (χ3v) is 5.09. The fourth-order valence-corrected chi connectivity index (χ4v) is 3.88. The summed E-state index contributed by atoms with van der Waals surface area (Å²) >= 11 is 1.50. The topological polar surface area (TPSA) is 96.0 Å². The van der Waals surface area contributed by atoms with E-state index in [1.807, 2.05) is 22.9 Å². The Kier molecular flexibility index (Phi) is 4.09. The van der Waals surface area contributed by atoms with Crippen molar-refractivity contribution >= 4 is 27.0 Å². The first kappa shape index (κ1) is 14.5. The van der Waals surface area contributed by atoms with E-state index in [2.05, 4.69) is 4.72 Å². The second kappa shape index (κ2) is 5.63. The van der Waals surface area contributed by atoms with E-state index in [1.165, 1.54) is 29.5 Å². The number of thiophene rings is 1. The van der Waals surface area contributed by atoms with E-state index in [9.17, 15) is 8.42 Å². The third kappa shape index (κ3) is 2.99. The quantitative estimate of drug-likeness (QED) is 0.847. The van der Waals surface area contributed by atoms with Crippen molar-refractivity contribution in [2.75, 3.05) is 5.73 Å². The van der Waals surface area contributed by atoms with E-state index in [-0.39, 0.29) is 16.5 Å². The van der Waals surface area contributed by atoms with Crippen LogP contribution >= 0.6 is 11.3 Å². The van der Waals surface area contributed by atoms with Crippen LogP contribution < -0.4 is 10.5 Å². The SMILES string of the molecule is CC(NS(=O)(=O)c1ccc(N)cc1C#N)c1ccsc1. The number of nitrogen functional groups attached to an aromatic ring is 1. The largest absolute Gasteiger partial charge is 0.399 e. The first-order valence-corrected chi connectivity index (χ1v) is 8.20. The smallest absolute Gasteiger partial charge is 0.242 e. The maximum Gasteiger partial charge on any atom is 0.242 e. The lowest BCUT2D eigenvalue weighted by atomic mass is 10.2. The van der Waals surface area contributed by atoms with Gasteiger partial charge in [0.15, 0.2) is 0 Å². The fourth-order valence-electron chi connectivity index (χ4n) is 1.75. The Hall–Kier alpha value is -1.88. The maximum absolute atomic E-state index is 12.3. The van der Waals surface area contributed by atoms with Gasteiger partial charge in [-0.05, 0) is 47.5 Å². The van der Waals surface area contributed by atoms with Crippen molar-refractivity contribution in [3.63, 3.8) is 0 Å². The molecule has 1 aromatic carbocycles. The Bertz CT molecular complexity index is 746. The summed E-state index contributed by atoms with van der Waals surface area (Å²) in [4.78, 5) is -0.0590. The molecular weight excluding hydrogens is 294 g/mol. The maximum atomic E-state index is 12.3. The second-order valence-electron chi connectivity index (χ2n) is 4.27. The molecule has 0 spiro atoms. The van der Waals surface area contributed by atoms with Crippen molar-refractivity contribution in [2.24, 2.45) is 0 Å². The van der Waals surface area contributed by atoms with Gasteiger partial charge in [-0.3, -0.25) is 0 Å². The predicted octanol–water partition coefficient (Wildman–Crippen LogP) is 2.24. The predicted molar refractivity (Wildman–Crippen MR) is 78.6 cm³/mol. The lowest BCUT2D eigenvalue weighted by Crippen LogP contribution is -2.27. The molecule has 5 nitrogen and oxygen atoms in total. The normalized spacial score (nSPS) is 12.8. The molecular formula is C13H13N3O2S2. The number of nitrogens with two attached hydrogens (primary N) is 1. The summed E-state index contributed by atoms with van der Waals surface area (Å²) in [6, 6.07) is 7.50. The van der Waals surface area contributed by atoms with Gasteiger partial charge in [0.2, 0.25) is 10.0 Å². The van der Waals surface area contributed by atoms with Crippen LogP contribution in [-0.2, 0) is 10.0 Å². The molecule has 0 bridgehead atoms. The molecule has 7 heteroatoms. The van der Waals surface area contributed by atoms with Gasteiger partial charge < -0.3 is 5.73 Å². The van der Waals surface area contributed by atoms with Gasteiger partial charge in [0, 0.05) is 11.7 Å². The van der Waals surface area contributed by atoms with Crippen LogP contribution in [0.2, 0.25) is 0 Å². The van der Waals surface area contributed by atoms with Crippen molar-refractivity contribution in [2.45, 2.75) is 17.9 Å². The van der Waals surface area contributed by atoms with Gasteiger partial charge in [0.25, 0.3) is 0 Å². The number of nitrogens with zero attached hydrogens (tertiary/aromatic N) is 1. The summed E-state index contributed by atoms with van der Waals surface area (Å²) < 4.78 is 27.2. The minimum absolute atomic E-state index is 0.0371. The standard InChI is InChI=1S/C13H13N3O2S2/c1-9(10-4-5-19-8-10)16-20(17,18)13-3-2-12(15)6-11(13)7-14/h2-6,8-9,16H,15H2,1H3. The minimum atomic E-state index is -3.77. The first-order valence-electron chi connectivity index (χ1n) is 5.78. The van der Waals surface area contributed by atoms with Crippen molar-refractivity contribution in [1.82, 2.24) is 4.72 Å². The van der Waals surface area contributed by atoms with Crippen LogP contribution in [0, 0.1) is 11.3 Å². The van der Waals surface area contributed by atoms with Crippen molar-refractivity contribution in [1.29, 1.82) is 5.26 Å². The highest BCUT2D eigenvalue weighted by Crippen LogP contribution is 2.22. The monoisotopic (exact) mass is 307 g/mol. The summed E-state index contributed by atoms with van der Waals surface area (Å²) in [5.74, 6) is 0. The fraction of sp³-hybridized carbons (Fsp3) is 0.154. The highest BCUT2D eigenvalue weighted by Gasteiger charge is 2.22. The zero-order valence-electron chi connectivity index (χ0n) is 10.7. The molecule has 3 N–H and O–H groups in total. The van der Waals surface area contributed by atoms with Gasteiger partial charge in [-0.25, -0.2) is 13.1 Å². The number of benzene rings is 1. The van der Waals surface area contributed by atoms with Crippen LogP contribution in [0.5, 0.6) is 0 Å². The molecule has 104 valence electrons. The number of nitriles is 1. The summed E-state index contributed by atoms with van der Waals surface area (Å²) in [6.07, 6.45) is 0.